The number of nitrogens with one attached hydrogen (secondary N) is 2. The Morgan fingerprint density at radius 1 is 0.843 bits per heavy atom. The lowest BCUT2D eigenvalue weighted by atomic mass is 9.65. The van der Waals surface area contributed by atoms with Gasteiger partial charge in [-0.3, -0.25) is 28.9 Å². The number of hydrogen-bond donors (Lipinski definition) is 3. The number of fused-ring (bicyclic) bond motifs is 3. The lowest BCUT2D eigenvalue weighted by molar-refractivity contribution is -0.178. The lowest BCUT2D eigenvalue weighted by Crippen LogP contribution is -2.57. The maximum atomic E-state index is 16.5. The average molecular weight is 955 g/mol. The predicted molar refractivity (Wildman–Crippen MR) is 252 cm³/mol. The van der Waals surface area contributed by atoms with Gasteiger partial charge in [0.05, 0.1) is 51.6 Å². The summed E-state index contributed by atoms with van der Waals surface area (Å²) in [5.74, 6) is -2.64. The van der Waals surface area contributed by atoms with E-state index in [1.807, 2.05) is 53.4 Å². The second kappa shape index (κ2) is 21.6. The Morgan fingerprint density at radius 3 is 2.09 bits per heavy atom. The molecule has 4 aromatic carbocycles. The van der Waals surface area contributed by atoms with Crippen molar-refractivity contribution in [1.82, 2.24) is 15.5 Å². The van der Waals surface area contributed by atoms with Crippen molar-refractivity contribution in [3.05, 3.63) is 144 Å². The van der Waals surface area contributed by atoms with Crippen LogP contribution in [0, 0.1) is 29.6 Å². The van der Waals surface area contributed by atoms with Gasteiger partial charge in [0.2, 0.25) is 11.8 Å². The zero-order valence-electron chi connectivity index (χ0n) is 39.3. The number of morpholine rings is 1. The van der Waals surface area contributed by atoms with Crippen molar-refractivity contribution in [2.45, 2.75) is 56.0 Å². The standard InChI is InChI=1S/C53H54N4O13/c1-7-27-54-46(59)40-43-50(63)70-44(34-20-12-9-13-21-34)42(33-18-10-8-11-19-33)57(43)45(35-22-14-15-24-39(35)69-29-28-58)53(40)37-30-32(17-16-23-36(47(60)66-4)48(61)67-5)25-26-38(37)56(51(53)64)52(65)55-41(31(2)3)49(62)68-6/h7-15,18-22,24-26,30-31,36,40-45,58H,1,23,27-29H2,2-6H3,(H,54,59)(H,55,65)/t40-,41+,42-,43-,44+,45+,53-/m1/s1. The first kappa shape index (κ1) is 50.1. The zero-order chi connectivity index (χ0) is 50.3. The van der Waals surface area contributed by atoms with E-state index in [0.29, 0.717) is 16.7 Å². The van der Waals surface area contributed by atoms with Crippen LogP contribution >= 0.6 is 0 Å². The van der Waals surface area contributed by atoms with Gasteiger partial charge in [-0.1, -0.05) is 111 Å². The fourth-order valence-corrected chi connectivity index (χ4v) is 9.86. The minimum Gasteiger partial charge on any atom is -0.491 e. The topological polar surface area (TPSA) is 216 Å². The molecule has 4 amide bonds. The number of esters is 4. The monoisotopic (exact) mass is 954 g/mol. The summed E-state index contributed by atoms with van der Waals surface area (Å²) in [5, 5.41) is 15.6. The number of rotatable bonds is 15. The Kier molecular flexibility index (Phi) is 15.5. The molecule has 7 atom stereocenters. The number of aliphatic hydroxyl groups is 1. The molecule has 2 fully saturated rings. The SMILES string of the molecule is C=CCNC(=O)[C@H]1[C@@H]2C(=O)O[C@@H](c3ccccc3)[C@@H](c3ccccc3)N2[C@@H](c2ccccc2OCCO)[C@]12C(=O)N(C(=O)N[C@H](C(=O)OC)C(C)C)c1ccc(C#CCC(C(=O)OC)C(=O)OC)cc12. The first-order chi connectivity index (χ1) is 33.8. The van der Waals surface area contributed by atoms with Crippen molar-refractivity contribution < 1.29 is 62.4 Å². The first-order valence-corrected chi connectivity index (χ1v) is 22.6. The average Bonchev–Trinajstić information content (AvgIpc) is 3.83. The van der Waals surface area contributed by atoms with Crippen LogP contribution in [0.25, 0.3) is 0 Å². The van der Waals surface area contributed by atoms with E-state index in [-0.39, 0.29) is 48.7 Å². The Balaban J connectivity index is 1.59. The molecule has 4 aromatic rings. The number of imide groups is 1. The van der Waals surface area contributed by atoms with Crippen LogP contribution in [0.1, 0.15) is 66.3 Å². The minimum atomic E-state index is -2.25. The van der Waals surface area contributed by atoms with Gasteiger partial charge in [-0.05, 0) is 46.9 Å². The summed E-state index contributed by atoms with van der Waals surface area (Å²) in [6, 6.07) is 23.4. The molecular weight excluding hydrogens is 901 g/mol. The number of amides is 4. The maximum Gasteiger partial charge on any atom is 0.329 e. The summed E-state index contributed by atoms with van der Waals surface area (Å²) >= 11 is 0. The Morgan fingerprint density at radius 2 is 1.47 bits per heavy atom. The minimum absolute atomic E-state index is 0.00761. The molecule has 364 valence electrons. The van der Waals surface area contributed by atoms with Crippen LogP contribution < -0.4 is 20.3 Å². The fourth-order valence-electron chi connectivity index (χ4n) is 9.86. The summed E-state index contributed by atoms with van der Waals surface area (Å²) in [6.45, 7) is 6.50. The van der Waals surface area contributed by atoms with E-state index in [4.69, 9.17) is 23.7 Å². The number of carbonyl (C=O) groups is 7. The van der Waals surface area contributed by atoms with Gasteiger partial charge in [-0.25, -0.2) is 14.5 Å². The van der Waals surface area contributed by atoms with Crippen LogP contribution in [0.4, 0.5) is 10.5 Å². The van der Waals surface area contributed by atoms with E-state index in [1.165, 1.54) is 31.4 Å². The van der Waals surface area contributed by atoms with Crippen molar-refractivity contribution in [2.24, 2.45) is 17.8 Å². The van der Waals surface area contributed by atoms with Crippen LogP contribution in [0.15, 0.2) is 116 Å². The molecule has 0 saturated carbocycles. The second-order valence-corrected chi connectivity index (χ2v) is 17.1. The quantitative estimate of drug-likeness (QED) is 0.0487. The number of benzene rings is 4. The number of para-hydroxylation sites is 1. The molecular formula is C53H54N4O13. The van der Waals surface area contributed by atoms with Crippen LogP contribution in [0.3, 0.4) is 0 Å². The van der Waals surface area contributed by atoms with E-state index in [2.05, 4.69) is 29.1 Å². The molecule has 7 rings (SSSR count). The fraction of sp³-hybridized carbons (Fsp3) is 0.340. The van der Waals surface area contributed by atoms with Gasteiger partial charge < -0.3 is 39.4 Å². The molecule has 1 spiro atoms. The Labute approximate surface area is 405 Å². The number of cyclic esters (lactones) is 1. The van der Waals surface area contributed by atoms with E-state index in [9.17, 15) is 19.5 Å². The molecule has 0 radical (unpaired) electrons. The predicted octanol–water partition coefficient (Wildman–Crippen LogP) is 4.64. The molecule has 3 N–H and O–H groups in total. The zero-order valence-corrected chi connectivity index (χ0v) is 39.3. The van der Waals surface area contributed by atoms with Crippen LogP contribution in [-0.2, 0) is 53.1 Å². The number of anilines is 1. The summed E-state index contributed by atoms with van der Waals surface area (Å²) in [7, 11) is 3.42. The number of urea groups is 1. The third-order valence-corrected chi connectivity index (χ3v) is 12.8. The van der Waals surface area contributed by atoms with Crippen molar-refractivity contribution >= 4 is 47.4 Å². The molecule has 0 bridgehead atoms. The van der Waals surface area contributed by atoms with Crippen molar-refractivity contribution in [1.29, 1.82) is 0 Å². The summed E-state index contributed by atoms with van der Waals surface area (Å²) < 4.78 is 27.4. The van der Waals surface area contributed by atoms with Gasteiger partial charge >= 0.3 is 29.9 Å². The lowest BCUT2D eigenvalue weighted by Gasteiger charge is -2.46. The highest BCUT2D eigenvalue weighted by Crippen LogP contribution is 2.66. The number of methoxy groups -OCH3 is 3. The van der Waals surface area contributed by atoms with Gasteiger partial charge in [-0.2, -0.15) is 0 Å². The smallest absolute Gasteiger partial charge is 0.329 e. The van der Waals surface area contributed by atoms with Crippen LogP contribution in [0.5, 0.6) is 5.75 Å². The highest BCUT2D eigenvalue weighted by atomic mass is 16.6. The van der Waals surface area contributed by atoms with Gasteiger partial charge in [0, 0.05) is 24.1 Å². The molecule has 0 unspecified atom stereocenters. The van der Waals surface area contributed by atoms with Gasteiger partial charge in [0.1, 0.15) is 36.0 Å². The third kappa shape index (κ3) is 9.10. The largest absolute Gasteiger partial charge is 0.491 e. The molecule has 70 heavy (non-hydrogen) atoms. The van der Waals surface area contributed by atoms with Crippen molar-refractivity contribution in [2.75, 3.05) is 46.0 Å². The Bertz CT molecular complexity index is 2700. The molecule has 2 saturated heterocycles. The maximum absolute atomic E-state index is 16.5. The molecule has 3 aliphatic heterocycles. The number of carbonyl (C=O) groups excluding carboxylic acids is 7. The van der Waals surface area contributed by atoms with Crippen LogP contribution in [-0.4, -0.2) is 105 Å². The third-order valence-electron chi connectivity index (χ3n) is 12.8. The van der Waals surface area contributed by atoms with Gasteiger partial charge in [0.15, 0.2) is 5.92 Å². The van der Waals surface area contributed by atoms with Crippen LogP contribution in [0.2, 0.25) is 0 Å². The van der Waals surface area contributed by atoms with E-state index in [0.717, 1.165) is 19.1 Å². The normalized spacial score (nSPS) is 21.7. The van der Waals surface area contributed by atoms with Crippen molar-refractivity contribution in [3.63, 3.8) is 0 Å². The molecule has 17 heteroatoms. The highest BCUT2D eigenvalue weighted by molar-refractivity contribution is 6.25. The molecule has 3 aliphatic rings. The molecule has 17 nitrogen and oxygen atoms in total. The van der Waals surface area contributed by atoms with E-state index in [1.54, 1.807) is 50.2 Å². The number of ether oxygens (including phenoxy) is 5. The molecule has 0 aromatic heterocycles. The first-order valence-electron chi connectivity index (χ1n) is 22.6. The van der Waals surface area contributed by atoms with E-state index < -0.39 is 95.2 Å². The van der Waals surface area contributed by atoms with Crippen molar-refractivity contribution in [3.8, 4) is 17.6 Å². The highest BCUT2D eigenvalue weighted by Gasteiger charge is 2.76. The second-order valence-electron chi connectivity index (χ2n) is 17.1. The number of aliphatic hydroxyl groups excluding tert-OH is 1. The summed E-state index contributed by atoms with van der Waals surface area (Å²) in [5.41, 5.74) is -0.382. The van der Waals surface area contributed by atoms with Gasteiger partial charge in [-0.15, -0.1) is 6.58 Å². The van der Waals surface area contributed by atoms with E-state index >= 15 is 19.2 Å². The number of nitrogens with zero attached hydrogens (tertiary/aromatic N) is 2. The molecule has 3 heterocycles. The Hall–Kier alpha value is -7.81. The van der Waals surface area contributed by atoms with Gasteiger partial charge in [0.25, 0.3) is 0 Å². The number of hydrogen-bond acceptors (Lipinski definition) is 14. The summed E-state index contributed by atoms with van der Waals surface area (Å²) in [4.78, 5) is 103. The summed E-state index contributed by atoms with van der Waals surface area (Å²) in [6.07, 6.45) is 0.0895. The molecule has 0 aliphatic carbocycles.